The Kier molecular flexibility index (Phi) is 2.79. The smallest absolute Gasteiger partial charge is 0.159 e. The molecule has 0 unspecified atom stereocenters. The van der Waals surface area contributed by atoms with Crippen molar-refractivity contribution in [3.63, 3.8) is 0 Å². The molecule has 6 heteroatoms. The molecule has 2 aliphatic heterocycles. The molecule has 2 heterocycles. The van der Waals surface area contributed by atoms with Gasteiger partial charge >= 0.3 is 0 Å². The van der Waals surface area contributed by atoms with Gasteiger partial charge in [0.05, 0.1) is 13.2 Å². The molecule has 0 saturated carbocycles. The molecule has 0 spiro atoms. The number of nitrogens with zero attached hydrogens (tertiary/aromatic N) is 1. The van der Waals surface area contributed by atoms with Crippen molar-refractivity contribution in [1.82, 2.24) is 0 Å². The average Bonchev–Trinajstić information content (AvgIpc) is 2.77. The second-order valence-corrected chi connectivity index (χ2v) is 5.90. The Bertz CT molecular complexity index is 589. The fraction of sp³-hybridized carbons (Fsp3) is 0.308. The van der Waals surface area contributed by atoms with Gasteiger partial charge in [0.15, 0.2) is 5.17 Å². The summed E-state index contributed by atoms with van der Waals surface area (Å²) in [6, 6.07) is 4.49. The van der Waals surface area contributed by atoms with Crippen LogP contribution in [0.2, 0.25) is 0 Å². The predicted octanol–water partition coefficient (Wildman–Crippen LogP) is 1.82. The van der Waals surface area contributed by atoms with E-state index in [0.29, 0.717) is 29.6 Å². The lowest BCUT2D eigenvalue weighted by atomic mass is 9.80. The molecule has 1 aromatic rings. The highest BCUT2D eigenvalue weighted by Gasteiger charge is 2.51. The molecule has 2 aliphatic rings. The molecule has 0 bridgehead atoms. The van der Waals surface area contributed by atoms with Crippen LogP contribution in [0, 0.1) is 11.7 Å². The normalized spacial score (nSPS) is 30.1. The lowest BCUT2D eigenvalue weighted by Crippen LogP contribution is -2.39. The van der Waals surface area contributed by atoms with Crippen molar-refractivity contribution in [2.24, 2.45) is 16.6 Å². The fourth-order valence-electron chi connectivity index (χ4n) is 2.67. The van der Waals surface area contributed by atoms with Crippen molar-refractivity contribution < 1.29 is 9.13 Å². The summed E-state index contributed by atoms with van der Waals surface area (Å²) in [5, 5.41) is 0.383. The number of ether oxygens (including phenoxy) is 1. The van der Waals surface area contributed by atoms with Crippen molar-refractivity contribution in [3.05, 3.63) is 41.1 Å². The molecule has 2 atom stereocenters. The van der Waals surface area contributed by atoms with E-state index in [2.05, 4.69) is 11.6 Å². The van der Waals surface area contributed by atoms with E-state index in [1.165, 1.54) is 23.9 Å². The van der Waals surface area contributed by atoms with Crippen LogP contribution < -0.4 is 11.5 Å². The number of nitrogen functional groups attached to an aromatic ring is 1. The molecule has 3 rings (SSSR count). The van der Waals surface area contributed by atoms with Gasteiger partial charge in [0.2, 0.25) is 0 Å². The van der Waals surface area contributed by atoms with Gasteiger partial charge in [-0.15, -0.1) is 0 Å². The third kappa shape index (κ3) is 1.82. The topological polar surface area (TPSA) is 73.6 Å². The van der Waals surface area contributed by atoms with Gasteiger partial charge in [-0.1, -0.05) is 18.3 Å². The first kappa shape index (κ1) is 12.5. The van der Waals surface area contributed by atoms with E-state index in [4.69, 9.17) is 16.2 Å². The summed E-state index contributed by atoms with van der Waals surface area (Å²) in [7, 11) is 0. The minimum Gasteiger partial charge on any atom is -0.399 e. The summed E-state index contributed by atoms with van der Waals surface area (Å²) >= 11 is 1.32. The second kappa shape index (κ2) is 4.25. The number of nitrogens with two attached hydrogens (primary N) is 2. The zero-order chi connectivity index (χ0) is 13.6. The molecular weight excluding hydrogens is 265 g/mol. The molecule has 1 fully saturated rings. The summed E-state index contributed by atoms with van der Waals surface area (Å²) in [6.45, 7) is 4.76. The lowest BCUT2D eigenvalue weighted by molar-refractivity contribution is 0.177. The maximum atomic E-state index is 14.2. The van der Waals surface area contributed by atoms with Crippen molar-refractivity contribution in [1.29, 1.82) is 0 Å². The van der Waals surface area contributed by atoms with Crippen LogP contribution >= 0.6 is 11.8 Å². The molecule has 4 nitrogen and oxygen atoms in total. The summed E-state index contributed by atoms with van der Waals surface area (Å²) in [4.78, 5) is 5.33. The molecular formula is C13H14FN3OS. The van der Waals surface area contributed by atoms with Gasteiger partial charge in [-0.2, -0.15) is 0 Å². The van der Waals surface area contributed by atoms with Gasteiger partial charge in [-0.25, -0.2) is 9.38 Å². The zero-order valence-electron chi connectivity index (χ0n) is 10.2. The standard InChI is InChI=1S/C13H14FN3OS/c1-7-10-5-18-6-13(10,17-12(16)19-7)9-4-8(15)2-3-11(9)14/h2-4,10H,1,5-6,15H2,(H2,16,17)/t10-,13+/m1/s1. The van der Waals surface area contributed by atoms with Crippen molar-refractivity contribution in [2.45, 2.75) is 5.54 Å². The quantitative estimate of drug-likeness (QED) is 0.769. The SMILES string of the molecule is C=C1SC(N)=N[C@]2(c3cc(N)ccc3F)COC[C@H]12. The van der Waals surface area contributed by atoms with Gasteiger partial charge in [0, 0.05) is 17.2 Å². The van der Waals surface area contributed by atoms with Crippen LogP contribution in [0.15, 0.2) is 34.7 Å². The lowest BCUT2D eigenvalue weighted by Gasteiger charge is -2.35. The Morgan fingerprint density at radius 1 is 1.47 bits per heavy atom. The molecule has 4 N–H and O–H groups in total. The molecule has 100 valence electrons. The van der Waals surface area contributed by atoms with E-state index in [9.17, 15) is 4.39 Å². The minimum absolute atomic E-state index is 0.0823. The first-order chi connectivity index (χ1) is 9.03. The Hall–Kier alpha value is -1.53. The third-order valence-corrected chi connectivity index (χ3v) is 4.42. The average molecular weight is 279 g/mol. The van der Waals surface area contributed by atoms with Gasteiger partial charge in [0.25, 0.3) is 0 Å². The first-order valence-corrected chi connectivity index (χ1v) is 6.70. The Balaban J connectivity index is 2.22. The number of benzene rings is 1. The second-order valence-electron chi connectivity index (χ2n) is 4.75. The van der Waals surface area contributed by atoms with E-state index in [0.717, 1.165) is 4.91 Å². The number of anilines is 1. The number of halogens is 1. The largest absolute Gasteiger partial charge is 0.399 e. The third-order valence-electron chi connectivity index (χ3n) is 3.57. The van der Waals surface area contributed by atoms with E-state index < -0.39 is 5.54 Å². The molecule has 0 aliphatic carbocycles. The number of fused-ring (bicyclic) bond motifs is 1. The highest BCUT2D eigenvalue weighted by molar-refractivity contribution is 8.17. The molecule has 19 heavy (non-hydrogen) atoms. The minimum atomic E-state index is -0.828. The summed E-state index contributed by atoms with van der Waals surface area (Å²) in [6.07, 6.45) is 0. The maximum Gasteiger partial charge on any atom is 0.159 e. The van der Waals surface area contributed by atoms with Crippen molar-refractivity contribution in [3.8, 4) is 0 Å². The van der Waals surface area contributed by atoms with Crippen molar-refractivity contribution >= 4 is 22.6 Å². The van der Waals surface area contributed by atoms with Crippen LogP contribution in [0.5, 0.6) is 0 Å². The summed E-state index contributed by atoms with van der Waals surface area (Å²) in [5.41, 5.74) is 11.7. The van der Waals surface area contributed by atoms with Gasteiger partial charge in [-0.05, 0) is 23.1 Å². The Morgan fingerprint density at radius 2 is 2.26 bits per heavy atom. The molecule has 0 amide bonds. The van der Waals surface area contributed by atoms with Crippen LogP contribution in [0.3, 0.4) is 0 Å². The van der Waals surface area contributed by atoms with Crippen LogP contribution in [-0.4, -0.2) is 18.4 Å². The van der Waals surface area contributed by atoms with E-state index in [-0.39, 0.29) is 11.7 Å². The fourth-order valence-corrected chi connectivity index (χ4v) is 3.55. The van der Waals surface area contributed by atoms with Gasteiger partial charge in [-0.3, -0.25) is 0 Å². The van der Waals surface area contributed by atoms with E-state index in [1.54, 1.807) is 6.07 Å². The first-order valence-electron chi connectivity index (χ1n) is 5.88. The predicted molar refractivity (Wildman–Crippen MR) is 75.2 cm³/mol. The van der Waals surface area contributed by atoms with Crippen LogP contribution in [-0.2, 0) is 10.3 Å². The van der Waals surface area contributed by atoms with Gasteiger partial charge in [0.1, 0.15) is 11.4 Å². The van der Waals surface area contributed by atoms with Crippen LogP contribution in [0.4, 0.5) is 10.1 Å². The zero-order valence-corrected chi connectivity index (χ0v) is 11.0. The molecule has 1 saturated heterocycles. The number of amidine groups is 1. The molecule has 0 radical (unpaired) electrons. The number of rotatable bonds is 1. The highest BCUT2D eigenvalue weighted by Crippen LogP contribution is 2.49. The van der Waals surface area contributed by atoms with E-state index in [1.807, 2.05) is 0 Å². The number of hydrogen-bond donors (Lipinski definition) is 2. The molecule has 1 aromatic carbocycles. The van der Waals surface area contributed by atoms with Crippen LogP contribution in [0.1, 0.15) is 5.56 Å². The molecule has 0 aromatic heterocycles. The van der Waals surface area contributed by atoms with E-state index >= 15 is 0 Å². The number of thioether (sulfide) groups is 1. The Morgan fingerprint density at radius 3 is 3.05 bits per heavy atom. The maximum absolute atomic E-state index is 14.2. The van der Waals surface area contributed by atoms with Crippen LogP contribution in [0.25, 0.3) is 0 Å². The monoisotopic (exact) mass is 279 g/mol. The number of aliphatic imine (C=N–C) groups is 1. The van der Waals surface area contributed by atoms with Gasteiger partial charge < -0.3 is 16.2 Å². The summed E-state index contributed by atoms with van der Waals surface area (Å²) < 4.78 is 19.7. The van der Waals surface area contributed by atoms with Crippen molar-refractivity contribution in [2.75, 3.05) is 18.9 Å². The summed E-state index contributed by atoms with van der Waals surface area (Å²) in [5.74, 6) is -0.429. The highest BCUT2D eigenvalue weighted by atomic mass is 32.2. The number of hydrogen-bond acceptors (Lipinski definition) is 5. The Labute approximate surface area is 114 Å².